The molecule has 0 radical (unpaired) electrons. The first-order valence-electron chi connectivity index (χ1n) is 8.10. The SMILES string of the molecule is C[C@@H](NC(=O)CC1CCCC1)c1ccc(-n2ccnc2)cc1. The number of carbonyl (C=O) groups is 1. The Hall–Kier alpha value is -2.10. The van der Waals surface area contributed by atoms with Gasteiger partial charge in [0.15, 0.2) is 0 Å². The van der Waals surface area contributed by atoms with Crippen LogP contribution in [0.4, 0.5) is 0 Å². The molecule has 0 spiro atoms. The fraction of sp³-hybridized carbons (Fsp3) is 0.444. The normalized spacial score (nSPS) is 16.6. The molecule has 0 unspecified atom stereocenters. The van der Waals surface area contributed by atoms with Crippen molar-refractivity contribution in [2.45, 2.75) is 45.1 Å². The molecule has 0 saturated heterocycles. The lowest BCUT2D eigenvalue weighted by molar-refractivity contribution is -0.122. The van der Waals surface area contributed by atoms with Gasteiger partial charge in [0, 0.05) is 24.5 Å². The van der Waals surface area contributed by atoms with Gasteiger partial charge < -0.3 is 9.88 Å². The summed E-state index contributed by atoms with van der Waals surface area (Å²) in [5.74, 6) is 0.772. The maximum Gasteiger partial charge on any atom is 0.220 e. The van der Waals surface area contributed by atoms with Crippen LogP contribution < -0.4 is 5.32 Å². The summed E-state index contributed by atoms with van der Waals surface area (Å²) >= 11 is 0. The number of benzene rings is 1. The van der Waals surface area contributed by atoms with Gasteiger partial charge in [0.25, 0.3) is 0 Å². The average Bonchev–Trinajstić information content (AvgIpc) is 3.20. The smallest absolute Gasteiger partial charge is 0.220 e. The topological polar surface area (TPSA) is 46.9 Å². The number of carbonyl (C=O) groups excluding carboxylic acids is 1. The van der Waals surface area contributed by atoms with Crippen LogP contribution in [0.5, 0.6) is 0 Å². The van der Waals surface area contributed by atoms with Crippen molar-refractivity contribution < 1.29 is 4.79 Å². The van der Waals surface area contributed by atoms with E-state index in [1.165, 1.54) is 25.7 Å². The highest BCUT2D eigenvalue weighted by molar-refractivity contribution is 5.76. The lowest BCUT2D eigenvalue weighted by Gasteiger charge is -2.16. The first-order chi connectivity index (χ1) is 10.7. The molecule has 1 aliphatic rings. The molecular formula is C18H23N3O. The van der Waals surface area contributed by atoms with Gasteiger partial charge in [0.2, 0.25) is 5.91 Å². The number of aromatic nitrogens is 2. The number of amides is 1. The van der Waals surface area contributed by atoms with E-state index in [2.05, 4.69) is 34.6 Å². The standard InChI is InChI=1S/C18H23N3O/c1-14(20-18(22)12-15-4-2-3-5-15)16-6-8-17(9-7-16)21-11-10-19-13-21/h6-11,13-15H,2-5,12H2,1H3,(H,20,22)/t14-/m1/s1. The third-order valence-electron chi connectivity index (χ3n) is 4.52. The van der Waals surface area contributed by atoms with E-state index in [0.717, 1.165) is 11.3 Å². The molecular weight excluding hydrogens is 274 g/mol. The van der Waals surface area contributed by atoms with Crippen molar-refractivity contribution in [1.29, 1.82) is 0 Å². The lowest BCUT2D eigenvalue weighted by Crippen LogP contribution is -2.27. The largest absolute Gasteiger partial charge is 0.350 e. The number of nitrogens with zero attached hydrogens (tertiary/aromatic N) is 2. The van der Waals surface area contributed by atoms with E-state index in [4.69, 9.17) is 0 Å². The molecule has 2 aromatic rings. The summed E-state index contributed by atoms with van der Waals surface area (Å²) in [5, 5.41) is 3.12. The van der Waals surface area contributed by atoms with E-state index in [1.807, 2.05) is 17.7 Å². The van der Waals surface area contributed by atoms with Crippen LogP contribution in [0.1, 0.15) is 50.6 Å². The van der Waals surface area contributed by atoms with E-state index in [-0.39, 0.29) is 11.9 Å². The Labute approximate surface area is 131 Å². The Morgan fingerprint density at radius 3 is 2.68 bits per heavy atom. The predicted octanol–water partition coefficient (Wildman–Crippen LogP) is 3.63. The monoisotopic (exact) mass is 297 g/mol. The van der Waals surface area contributed by atoms with Crippen molar-refractivity contribution in [3.05, 3.63) is 48.5 Å². The van der Waals surface area contributed by atoms with E-state index < -0.39 is 0 Å². The van der Waals surface area contributed by atoms with Crippen molar-refractivity contribution in [2.75, 3.05) is 0 Å². The Morgan fingerprint density at radius 1 is 1.32 bits per heavy atom. The molecule has 0 aliphatic heterocycles. The minimum absolute atomic E-state index is 0.0470. The number of hydrogen-bond donors (Lipinski definition) is 1. The summed E-state index contributed by atoms with van der Waals surface area (Å²) in [6.45, 7) is 2.04. The van der Waals surface area contributed by atoms with Crippen LogP contribution in [0.2, 0.25) is 0 Å². The molecule has 4 nitrogen and oxygen atoms in total. The summed E-state index contributed by atoms with van der Waals surface area (Å²) in [7, 11) is 0. The second-order valence-electron chi connectivity index (χ2n) is 6.21. The van der Waals surface area contributed by atoms with Crippen molar-refractivity contribution in [2.24, 2.45) is 5.92 Å². The third-order valence-corrected chi connectivity index (χ3v) is 4.52. The fourth-order valence-electron chi connectivity index (χ4n) is 3.21. The van der Waals surface area contributed by atoms with Gasteiger partial charge in [0.1, 0.15) is 0 Å². The molecule has 1 aromatic heterocycles. The highest BCUT2D eigenvalue weighted by Crippen LogP contribution is 2.27. The molecule has 1 N–H and O–H groups in total. The van der Waals surface area contributed by atoms with Gasteiger partial charge in [-0.15, -0.1) is 0 Å². The average molecular weight is 297 g/mol. The Kier molecular flexibility index (Phi) is 4.56. The zero-order valence-corrected chi connectivity index (χ0v) is 13.0. The quantitative estimate of drug-likeness (QED) is 0.916. The summed E-state index contributed by atoms with van der Waals surface area (Å²) in [5.41, 5.74) is 2.20. The second kappa shape index (κ2) is 6.77. The van der Waals surface area contributed by atoms with Gasteiger partial charge in [-0.2, -0.15) is 0 Å². The summed E-state index contributed by atoms with van der Waals surface area (Å²) in [6.07, 6.45) is 11.1. The predicted molar refractivity (Wildman–Crippen MR) is 86.7 cm³/mol. The Balaban J connectivity index is 1.57. The van der Waals surface area contributed by atoms with Crippen molar-refractivity contribution in [1.82, 2.24) is 14.9 Å². The zero-order valence-electron chi connectivity index (χ0n) is 13.0. The van der Waals surface area contributed by atoms with E-state index in [1.54, 1.807) is 12.5 Å². The van der Waals surface area contributed by atoms with Crippen molar-refractivity contribution in [3.8, 4) is 5.69 Å². The van der Waals surface area contributed by atoms with Gasteiger partial charge in [0.05, 0.1) is 12.4 Å². The molecule has 1 saturated carbocycles. The third kappa shape index (κ3) is 3.56. The minimum atomic E-state index is 0.0470. The second-order valence-corrected chi connectivity index (χ2v) is 6.21. The van der Waals surface area contributed by atoms with Crippen LogP contribution in [-0.4, -0.2) is 15.5 Å². The first kappa shape index (κ1) is 14.8. The van der Waals surface area contributed by atoms with Gasteiger partial charge in [-0.3, -0.25) is 4.79 Å². The zero-order chi connectivity index (χ0) is 15.4. The maximum atomic E-state index is 12.1. The number of imidazole rings is 1. The summed E-state index contributed by atoms with van der Waals surface area (Å²) in [6, 6.07) is 8.28. The van der Waals surface area contributed by atoms with Gasteiger partial charge >= 0.3 is 0 Å². The van der Waals surface area contributed by atoms with Crippen LogP contribution in [0.3, 0.4) is 0 Å². The Morgan fingerprint density at radius 2 is 2.05 bits per heavy atom. The van der Waals surface area contributed by atoms with Crippen molar-refractivity contribution >= 4 is 5.91 Å². The van der Waals surface area contributed by atoms with Crippen LogP contribution in [0.15, 0.2) is 43.0 Å². The highest BCUT2D eigenvalue weighted by Gasteiger charge is 2.19. The minimum Gasteiger partial charge on any atom is -0.350 e. The molecule has 1 aliphatic carbocycles. The molecule has 4 heteroatoms. The van der Waals surface area contributed by atoms with E-state index >= 15 is 0 Å². The van der Waals surface area contributed by atoms with E-state index in [0.29, 0.717) is 12.3 Å². The first-order valence-corrected chi connectivity index (χ1v) is 8.10. The number of hydrogen-bond acceptors (Lipinski definition) is 2. The van der Waals surface area contributed by atoms with Gasteiger partial charge in [-0.25, -0.2) is 4.98 Å². The Bertz CT molecular complexity index is 598. The summed E-state index contributed by atoms with van der Waals surface area (Å²) in [4.78, 5) is 16.2. The molecule has 0 bridgehead atoms. The molecule has 1 atom stereocenters. The molecule has 1 aromatic carbocycles. The van der Waals surface area contributed by atoms with Crippen LogP contribution in [-0.2, 0) is 4.79 Å². The molecule has 22 heavy (non-hydrogen) atoms. The number of nitrogens with one attached hydrogen (secondary N) is 1. The van der Waals surface area contributed by atoms with Crippen LogP contribution in [0, 0.1) is 5.92 Å². The summed E-state index contributed by atoms with van der Waals surface area (Å²) < 4.78 is 1.97. The number of rotatable bonds is 5. The fourth-order valence-corrected chi connectivity index (χ4v) is 3.21. The van der Waals surface area contributed by atoms with Crippen LogP contribution >= 0.6 is 0 Å². The van der Waals surface area contributed by atoms with Gasteiger partial charge in [-0.05, 0) is 43.4 Å². The van der Waals surface area contributed by atoms with Crippen LogP contribution in [0.25, 0.3) is 5.69 Å². The highest BCUT2D eigenvalue weighted by atomic mass is 16.1. The van der Waals surface area contributed by atoms with Crippen molar-refractivity contribution in [3.63, 3.8) is 0 Å². The molecule has 116 valence electrons. The molecule has 3 rings (SSSR count). The lowest BCUT2D eigenvalue weighted by atomic mass is 10.0. The van der Waals surface area contributed by atoms with Gasteiger partial charge in [-0.1, -0.05) is 25.0 Å². The molecule has 1 amide bonds. The molecule has 1 fully saturated rings. The van der Waals surface area contributed by atoms with E-state index in [9.17, 15) is 4.79 Å². The molecule has 1 heterocycles. The maximum absolute atomic E-state index is 12.1.